The lowest BCUT2D eigenvalue weighted by Crippen LogP contribution is -2.15. The third kappa shape index (κ3) is 9.57. The van der Waals surface area contributed by atoms with Crippen molar-refractivity contribution >= 4 is 33.2 Å². The van der Waals surface area contributed by atoms with Crippen molar-refractivity contribution < 1.29 is 47.0 Å². The largest absolute Gasteiger partial charge is 0.493 e. The number of hydrogen-bond acceptors (Lipinski definition) is 13. The first-order valence-electron chi connectivity index (χ1n) is 22.2. The average molecular weight is 906 g/mol. The van der Waals surface area contributed by atoms with E-state index in [-0.39, 0.29) is 22.9 Å². The molecule has 1 aliphatic heterocycles. The quantitative estimate of drug-likeness (QED) is 0.0806. The molecule has 10 rings (SSSR count). The number of non-ortho nitro benzene ring substituents is 2. The number of aromatic nitrogens is 2. The van der Waals surface area contributed by atoms with Gasteiger partial charge in [0, 0.05) is 47.4 Å². The number of nitro benzene ring substituents is 2. The molecule has 3 saturated carbocycles. The number of nitrogens with one attached hydrogen (secondary N) is 1. The van der Waals surface area contributed by atoms with E-state index < -0.39 is 21.5 Å². The van der Waals surface area contributed by atoms with Crippen molar-refractivity contribution in [1.29, 1.82) is 0 Å². The second-order valence-corrected chi connectivity index (χ2v) is 17.5. The van der Waals surface area contributed by atoms with Gasteiger partial charge in [0.25, 0.3) is 11.4 Å². The van der Waals surface area contributed by atoms with Crippen molar-refractivity contribution in [3.8, 4) is 46.0 Å². The third-order valence-electron chi connectivity index (χ3n) is 13.5. The van der Waals surface area contributed by atoms with Gasteiger partial charge in [-0.2, -0.15) is 0 Å². The van der Waals surface area contributed by atoms with Crippen LogP contribution in [0.2, 0.25) is 0 Å². The Bertz CT molecular complexity index is 2570. The summed E-state index contributed by atoms with van der Waals surface area (Å²) in [5.74, 6) is 5.45. The summed E-state index contributed by atoms with van der Waals surface area (Å²) in [6, 6.07) is 16.9. The van der Waals surface area contributed by atoms with E-state index in [0.29, 0.717) is 81.4 Å². The lowest BCUT2D eigenvalue weighted by Gasteiger charge is -2.17. The van der Waals surface area contributed by atoms with Crippen LogP contribution < -0.4 is 33.7 Å². The topological polar surface area (TPSA) is 179 Å². The van der Waals surface area contributed by atoms with Crippen molar-refractivity contribution in [1.82, 2.24) is 15.3 Å². The molecule has 0 spiro atoms. The zero-order valence-electron chi connectivity index (χ0n) is 36.5. The molecule has 6 aromatic rings. The van der Waals surface area contributed by atoms with Crippen LogP contribution in [0.1, 0.15) is 44.9 Å². The molecule has 4 aromatic carbocycles. The molecule has 4 fully saturated rings. The molecule has 1 N–H and O–H groups in total. The maximum atomic E-state index is 14.3. The monoisotopic (exact) mass is 905 g/mol. The van der Waals surface area contributed by atoms with E-state index in [9.17, 15) is 29.0 Å². The highest BCUT2D eigenvalue weighted by molar-refractivity contribution is 5.89. The van der Waals surface area contributed by atoms with Gasteiger partial charge in [-0.25, -0.2) is 8.78 Å². The lowest BCUT2D eigenvalue weighted by atomic mass is 10.0. The van der Waals surface area contributed by atoms with Crippen molar-refractivity contribution in [2.75, 3.05) is 40.5 Å². The molecule has 4 aliphatic rings. The molecule has 344 valence electrons. The van der Waals surface area contributed by atoms with E-state index in [1.54, 1.807) is 56.9 Å². The molecule has 3 aliphatic carbocycles. The van der Waals surface area contributed by atoms with Gasteiger partial charge in [0.15, 0.2) is 46.1 Å². The van der Waals surface area contributed by atoms with Gasteiger partial charge in [0.05, 0.1) is 60.4 Å². The molecular weight excluding hydrogens is 857 g/mol. The highest BCUT2D eigenvalue weighted by Crippen LogP contribution is 2.48. The first-order valence-corrected chi connectivity index (χ1v) is 22.2. The lowest BCUT2D eigenvalue weighted by molar-refractivity contribution is -0.385. The Balaban J connectivity index is 0.000000166. The summed E-state index contributed by atoms with van der Waals surface area (Å²) in [4.78, 5) is 29.2. The first-order chi connectivity index (χ1) is 32.0. The Morgan fingerprint density at radius 1 is 0.576 bits per heavy atom. The minimum absolute atomic E-state index is 0.112. The minimum atomic E-state index is -0.822. The number of benzene rings is 4. The number of fused-ring (bicyclic) bond motifs is 4. The molecule has 3 heterocycles. The maximum Gasteiger partial charge on any atom is 0.272 e. The number of rotatable bonds is 14. The smallest absolute Gasteiger partial charge is 0.272 e. The van der Waals surface area contributed by atoms with E-state index in [4.69, 9.17) is 28.4 Å². The molecule has 2 aromatic heterocycles. The van der Waals surface area contributed by atoms with Crippen molar-refractivity contribution in [2.45, 2.75) is 44.9 Å². The minimum Gasteiger partial charge on any atom is -0.493 e. The van der Waals surface area contributed by atoms with E-state index in [2.05, 4.69) is 15.3 Å². The van der Waals surface area contributed by atoms with Crippen LogP contribution in [-0.4, -0.2) is 60.3 Å². The van der Waals surface area contributed by atoms with Crippen LogP contribution >= 0.6 is 0 Å². The van der Waals surface area contributed by atoms with Crippen LogP contribution in [0.3, 0.4) is 0 Å². The Hall–Kier alpha value is -6.88. The molecule has 0 radical (unpaired) electrons. The maximum absolute atomic E-state index is 14.3. The highest BCUT2D eigenvalue weighted by Gasteiger charge is 2.38. The Morgan fingerprint density at radius 2 is 1.02 bits per heavy atom. The Labute approximate surface area is 378 Å². The molecular formula is C49H49F2N5O10. The zero-order chi connectivity index (χ0) is 45.9. The van der Waals surface area contributed by atoms with Gasteiger partial charge in [-0.15, -0.1) is 0 Å². The van der Waals surface area contributed by atoms with E-state index >= 15 is 0 Å². The van der Waals surface area contributed by atoms with Gasteiger partial charge in [-0.05, 0) is 111 Å². The summed E-state index contributed by atoms with van der Waals surface area (Å²) < 4.78 is 63.6. The molecule has 66 heavy (non-hydrogen) atoms. The number of pyridine rings is 2. The molecule has 15 nitrogen and oxygen atoms in total. The molecule has 4 atom stereocenters. The molecule has 0 bridgehead atoms. The Kier molecular flexibility index (Phi) is 13.0. The molecule has 17 heteroatoms. The zero-order valence-corrected chi connectivity index (χ0v) is 36.5. The van der Waals surface area contributed by atoms with Crippen LogP contribution in [0.25, 0.3) is 21.8 Å². The van der Waals surface area contributed by atoms with Gasteiger partial charge in [0.2, 0.25) is 0 Å². The first kappa shape index (κ1) is 44.3. The SMILES string of the molecule is COc1cc2c(Oc3ccc([N+](=O)[O-])cc3F)ccnc2cc1OCC1CC2CCCC2C1.COc1cc2c(Oc3ccc([N+](=O)[O-])cc3F)ccnc2cc1OCC1CC2CNCC2C1. The summed E-state index contributed by atoms with van der Waals surface area (Å²) in [7, 11) is 3.13. The van der Waals surface area contributed by atoms with Gasteiger partial charge in [-0.3, -0.25) is 30.2 Å². The summed E-state index contributed by atoms with van der Waals surface area (Å²) in [6.07, 6.45) is 12.0. The standard InChI is InChI=1S/C25H25FN2O5.C24H24FN3O5/c1-31-24-12-19-21(13-25(24)32-14-15-9-16-3-2-4-17(16)10-15)27-8-7-22(19)33-23-6-5-18(28(29)30)11-20(23)26;1-31-23-9-18-20(10-24(23)32-13-14-6-15-11-26-12-16(15)7-14)27-5-4-21(18)33-22-3-2-17(28(29)30)8-19(22)25/h5-8,11-13,15-17H,2-4,9-10,14H2,1H3;2-5,8-10,14-16,26H,6-7,11-13H2,1H3. The number of ether oxygens (including phenoxy) is 6. The third-order valence-corrected chi connectivity index (χ3v) is 13.5. The Morgan fingerprint density at radius 3 is 1.42 bits per heavy atom. The number of nitro groups is 2. The number of methoxy groups -OCH3 is 2. The fourth-order valence-corrected chi connectivity index (χ4v) is 10.3. The number of nitrogens with zero attached hydrogens (tertiary/aromatic N) is 4. The summed E-state index contributed by atoms with van der Waals surface area (Å²) in [6.45, 7) is 3.48. The van der Waals surface area contributed by atoms with Crippen LogP contribution in [0, 0.1) is 67.4 Å². The predicted octanol–water partition coefficient (Wildman–Crippen LogP) is 11.0. The second-order valence-electron chi connectivity index (χ2n) is 17.5. The fourth-order valence-electron chi connectivity index (χ4n) is 10.3. The number of hydrogen-bond donors (Lipinski definition) is 1. The normalized spacial score (nSPS) is 21.7. The number of halogens is 2. The van der Waals surface area contributed by atoms with Gasteiger partial charge in [-0.1, -0.05) is 19.3 Å². The molecule has 1 saturated heterocycles. The van der Waals surface area contributed by atoms with E-state index in [1.807, 2.05) is 6.07 Å². The predicted molar refractivity (Wildman–Crippen MR) is 240 cm³/mol. The van der Waals surface area contributed by atoms with Crippen molar-refractivity contribution in [3.63, 3.8) is 0 Å². The highest BCUT2D eigenvalue weighted by atomic mass is 19.1. The second kappa shape index (κ2) is 19.3. The summed E-state index contributed by atoms with van der Waals surface area (Å²) in [5.41, 5.74) is 0.547. The van der Waals surface area contributed by atoms with Gasteiger partial charge >= 0.3 is 0 Å². The van der Waals surface area contributed by atoms with Crippen LogP contribution in [0.5, 0.6) is 46.0 Å². The van der Waals surface area contributed by atoms with Gasteiger partial charge < -0.3 is 33.7 Å². The van der Waals surface area contributed by atoms with Crippen LogP contribution in [0.15, 0.2) is 85.2 Å². The summed E-state index contributed by atoms with van der Waals surface area (Å²) >= 11 is 0. The molecule has 4 unspecified atom stereocenters. The fraction of sp³-hybridized carbons (Fsp3) is 0.388. The van der Waals surface area contributed by atoms with Crippen LogP contribution in [-0.2, 0) is 0 Å². The van der Waals surface area contributed by atoms with Gasteiger partial charge in [0.1, 0.15) is 11.5 Å². The molecule has 0 amide bonds. The average Bonchev–Trinajstić information content (AvgIpc) is 4.12. The van der Waals surface area contributed by atoms with Crippen molar-refractivity contribution in [2.24, 2.45) is 35.5 Å². The van der Waals surface area contributed by atoms with Crippen LogP contribution in [0.4, 0.5) is 20.2 Å². The van der Waals surface area contributed by atoms with E-state index in [0.717, 1.165) is 48.9 Å². The summed E-state index contributed by atoms with van der Waals surface area (Å²) in [5, 5.41) is 26.4. The van der Waals surface area contributed by atoms with Crippen molar-refractivity contribution in [3.05, 3.63) is 117 Å². The van der Waals surface area contributed by atoms with E-state index in [1.165, 1.54) is 69.2 Å².